The third-order valence-electron chi connectivity index (χ3n) is 2.69. The molecule has 0 fully saturated rings. The van der Waals surface area contributed by atoms with Crippen LogP contribution in [-0.4, -0.2) is 10.9 Å². The smallest absolute Gasteiger partial charge is 0.166 e. The van der Waals surface area contributed by atoms with Crippen LogP contribution in [0.2, 0.25) is 0 Å². The van der Waals surface area contributed by atoms with Gasteiger partial charge in [0.05, 0.1) is 5.69 Å². The molecule has 82 valence electrons. The highest BCUT2D eigenvalue weighted by molar-refractivity contribution is 5.72. The number of carbonyl (C=O) groups is 1. The number of aryl methyl sites for hydroxylation is 2. The van der Waals surface area contributed by atoms with Crippen molar-refractivity contribution in [2.75, 3.05) is 0 Å². The van der Waals surface area contributed by atoms with Gasteiger partial charge in [-0.25, -0.2) is 0 Å². The molecule has 1 aromatic heterocycles. The van der Waals surface area contributed by atoms with E-state index in [4.69, 9.17) is 0 Å². The molecule has 2 rings (SSSR count). The van der Waals surface area contributed by atoms with Crippen LogP contribution in [0.1, 0.15) is 22.5 Å². The summed E-state index contributed by atoms with van der Waals surface area (Å²) in [5, 5.41) is 0. The van der Waals surface area contributed by atoms with E-state index in [9.17, 15) is 4.79 Å². The molecule has 0 atom stereocenters. The normalized spacial score (nSPS) is 10.2. The lowest BCUT2D eigenvalue weighted by molar-refractivity contribution is 0.111. The first kappa shape index (κ1) is 10.7. The van der Waals surface area contributed by atoms with Gasteiger partial charge in [-0.3, -0.25) is 4.79 Å². The van der Waals surface area contributed by atoms with Crippen LogP contribution in [0.25, 0.3) is 0 Å². The maximum atomic E-state index is 10.7. The summed E-state index contributed by atoms with van der Waals surface area (Å²) < 4.78 is 2.00. The summed E-state index contributed by atoms with van der Waals surface area (Å²) in [6, 6.07) is 14.2. The van der Waals surface area contributed by atoms with E-state index >= 15 is 0 Å². The zero-order valence-corrected chi connectivity index (χ0v) is 9.17. The second-order valence-corrected chi connectivity index (χ2v) is 3.83. The van der Waals surface area contributed by atoms with Crippen molar-refractivity contribution in [3.8, 4) is 0 Å². The molecule has 1 heterocycles. The lowest BCUT2D eigenvalue weighted by Crippen LogP contribution is -2.02. The van der Waals surface area contributed by atoms with Gasteiger partial charge in [-0.1, -0.05) is 30.3 Å². The maximum absolute atomic E-state index is 10.7. The van der Waals surface area contributed by atoms with Crippen molar-refractivity contribution >= 4 is 6.29 Å². The Balaban J connectivity index is 1.87. The van der Waals surface area contributed by atoms with E-state index in [1.807, 2.05) is 29.0 Å². The summed E-state index contributed by atoms with van der Waals surface area (Å²) >= 11 is 0. The molecule has 16 heavy (non-hydrogen) atoms. The molecule has 0 radical (unpaired) electrons. The molecule has 2 heteroatoms. The van der Waals surface area contributed by atoms with Crippen LogP contribution in [0.4, 0.5) is 0 Å². The van der Waals surface area contributed by atoms with Gasteiger partial charge in [-0.05, 0) is 30.5 Å². The standard InChI is InChI=1S/C14H15NO/c16-12-14-9-5-11-15(14)10-4-8-13-6-2-1-3-7-13/h1-3,5-7,9,11-12H,4,8,10H2. The summed E-state index contributed by atoms with van der Waals surface area (Å²) in [5.74, 6) is 0. The fraction of sp³-hybridized carbons (Fsp3) is 0.214. The molecule has 0 saturated heterocycles. The number of carbonyl (C=O) groups excluding carboxylic acids is 1. The Kier molecular flexibility index (Phi) is 3.54. The third kappa shape index (κ3) is 2.60. The van der Waals surface area contributed by atoms with E-state index in [0.717, 1.165) is 31.4 Å². The molecule has 0 spiro atoms. The molecule has 0 bridgehead atoms. The second-order valence-electron chi connectivity index (χ2n) is 3.83. The fourth-order valence-corrected chi connectivity index (χ4v) is 1.84. The quantitative estimate of drug-likeness (QED) is 0.700. The minimum Gasteiger partial charge on any atom is -0.345 e. The van der Waals surface area contributed by atoms with Gasteiger partial charge in [0.15, 0.2) is 6.29 Å². The lowest BCUT2D eigenvalue weighted by atomic mass is 10.1. The first-order valence-electron chi connectivity index (χ1n) is 5.54. The molecule has 0 aliphatic carbocycles. The number of rotatable bonds is 5. The highest BCUT2D eigenvalue weighted by Gasteiger charge is 1.98. The van der Waals surface area contributed by atoms with E-state index < -0.39 is 0 Å². The Morgan fingerprint density at radius 3 is 2.62 bits per heavy atom. The summed E-state index contributed by atoms with van der Waals surface area (Å²) in [5.41, 5.74) is 2.11. The summed E-state index contributed by atoms with van der Waals surface area (Å²) in [6.07, 6.45) is 4.97. The van der Waals surface area contributed by atoms with Gasteiger partial charge >= 0.3 is 0 Å². The van der Waals surface area contributed by atoms with Crippen molar-refractivity contribution in [3.63, 3.8) is 0 Å². The number of aldehydes is 1. The van der Waals surface area contributed by atoms with Crippen molar-refractivity contribution in [1.29, 1.82) is 0 Å². The molecule has 0 aliphatic heterocycles. The van der Waals surface area contributed by atoms with Gasteiger partial charge in [0.1, 0.15) is 0 Å². The average molecular weight is 213 g/mol. The van der Waals surface area contributed by atoms with Crippen LogP contribution in [0.3, 0.4) is 0 Å². The molecule has 0 N–H and O–H groups in total. The zero-order valence-electron chi connectivity index (χ0n) is 9.17. The Morgan fingerprint density at radius 1 is 1.06 bits per heavy atom. The van der Waals surface area contributed by atoms with Gasteiger partial charge < -0.3 is 4.57 Å². The number of nitrogens with zero attached hydrogens (tertiary/aromatic N) is 1. The average Bonchev–Trinajstić information content (AvgIpc) is 2.78. The van der Waals surface area contributed by atoms with Crippen molar-refractivity contribution in [3.05, 3.63) is 59.9 Å². The van der Waals surface area contributed by atoms with Crippen LogP contribution in [0, 0.1) is 0 Å². The molecule has 1 aromatic carbocycles. The van der Waals surface area contributed by atoms with Crippen LogP contribution >= 0.6 is 0 Å². The molecule has 0 saturated carbocycles. The summed E-state index contributed by atoms with van der Waals surface area (Å²) in [4.78, 5) is 10.7. The van der Waals surface area contributed by atoms with Crippen LogP contribution in [-0.2, 0) is 13.0 Å². The predicted octanol–water partition coefficient (Wildman–Crippen LogP) is 2.93. The first-order chi connectivity index (χ1) is 7.90. The number of hydrogen-bond acceptors (Lipinski definition) is 1. The van der Waals surface area contributed by atoms with Gasteiger partial charge in [-0.15, -0.1) is 0 Å². The Morgan fingerprint density at radius 2 is 1.88 bits per heavy atom. The van der Waals surface area contributed by atoms with E-state index in [0.29, 0.717) is 0 Å². The predicted molar refractivity (Wildman–Crippen MR) is 64.6 cm³/mol. The van der Waals surface area contributed by atoms with Crippen molar-refractivity contribution in [2.24, 2.45) is 0 Å². The minimum absolute atomic E-state index is 0.757. The third-order valence-corrected chi connectivity index (χ3v) is 2.69. The Bertz CT molecular complexity index is 445. The fourth-order valence-electron chi connectivity index (χ4n) is 1.84. The van der Waals surface area contributed by atoms with Gasteiger partial charge in [0, 0.05) is 12.7 Å². The number of hydrogen-bond donors (Lipinski definition) is 0. The van der Waals surface area contributed by atoms with Crippen LogP contribution in [0.5, 0.6) is 0 Å². The largest absolute Gasteiger partial charge is 0.345 e. The van der Waals surface area contributed by atoms with E-state index in [2.05, 4.69) is 24.3 Å². The van der Waals surface area contributed by atoms with E-state index in [1.165, 1.54) is 5.56 Å². The lowest BCUT2D eigenvalue weighted by Gasteiger charge is -2.05. The molecule has 0 amide bonds. The monoisotopic (exact) mass is 213 g/mol. The number of aromatic nitrogens is 1. The minimum atomic E-state index is 0.757. The van der Waals surface area contributed by atoms with E-state index in [-0.39, 0.29) is 0 Å². The highest BCUT2D eigenvalue weighted by atomic mass is 16.1. The molecular weight excluding hydrogens is 198 g/mol. The maximum Gasteiger partial charge on any atom is 0.166 e. The molecule has 2 nitrogen and oxygen atoms in total. The van der Waals surface area contributed by atoms with Crippen LogP contribution in [0.15, 0.2) is 48.7 Å². The van der Waals surface area contributed by atoms with Crippen LogP contribution < -0.4 is 0 Å². The van der Waals surface area contributed by atoms with Gasteiger partial charge in [0.2, 0.25) is 0 Å². The zero-order chi connectivity index (χ0) is 11.2. The molecule has 0 aliphatic rings. The Labute approximate surface area is 95.5 Å². The van der Waals surface area contributed by atoms with Gasteiger partial charge in [-0.2, -0.15) is 0 Å². The van der Waals surface area contributed by atoms with Gasteiger partial charge in [0.25, 0.3) is 0 Å². The van der Waals surface area contributed by atoms with Crippen molar-refractivity contribution in [2.45, 2.75) is 19.4 Å². The molecule has 0 unspecified atom stereocenters. The number of benzene rings is 1. The SMILES string of the molecule is O=Cc1cccn1CCCc1ccccc1. The molecule has 2 aromatic rings. The van der Waals surface area contributed by atoms with Crippen molar-refractivity contribution < 1.29 is 4.79 Å². The summed E-state index contributed by atoms with van der Waals surface area (Å²) in [7, 11) is 0. The summed E-state index contributed by atoms with van der Waals surface area (Å²) in [6.45, 7) is 0.899. The topological polar surface area (TPSA) is 22.0 Å². The second kappa shape index (κ2) is 5.31. The Hall–Kier alpha value is -1.83. The first-order valence-corrected chi connectivity index (χ1v) is 5.54. The van der Waals surface area contributed by atoms with Crippen molar-refractivity contribution in [1.82, 2.24) is 4.57 Å². The highest BCUT2D eigenvalue weighted by Crippen LogP contribution is 2.06. The van der Waals surface area contributed by atoms with E-state index in [1.54, 1.807) is 0 Å². The molecular formula is C14H15NO.